The molecule has 0 bridgehead atoms. The Morgan fingerprint density at radius 1 is 1.15 bits per heavy atom. The minimum Gasteiger partial charge on any atom is -0.465 e. The second-order valence-electron chi connectivity index (χ2n) is 9.54. The molecule has 0 aliphatic carbocycles. The normalized spacial score (nSPS) is 14.3. The second kappa shape index (κ2) is 9.92. The number of pyridine rings is 2. The van der Waals surface area contributed by atoms with Crippen molar-refractivity contribution in [1.82, 2.24) is 34.5 Å². The fourth-order valence-electron chi connectivity index (χ4n) is 5.00. The lowest BCUT2D eigenvalue weighted by Gasteiger charge is -2.15. The van der Waals surface area contributed by atoms with Gasteiger partial charge in [-0.3, -0.25) is 9.69 Å². The lowest BCUT2D eigenvalue weighted by atomic mass is 10.0. The van der Waals surface area contributed by atoms with Gasteiger partial charge >= 0.3 is 6.09 Å². The summed E-state index contributed by atoms with van der Waals surface area (Å²) in [5, 5.41) is 17.7. The highest BCUT2D eigenvalue weighted by atomic mass is 35.5. The van der Waals surface area contributed by atoms with Crippen molar-refractivity contribution < 1.29 is 9.90 Å². The van der Waals surface area contributed by atoms with E-state index in [0.717, 1.165) is 33.0 Å². The summed E-state index contributed by atoms with van der Waals surface area (Å²) in [5.74, 6) is 0.844. The minimum absolute atomic E-state index is 0.157. The molecule has 13 heteroatoms. The van der Waals surface area contributed by atoms with Crippen LogP contribution >= 0.6 is 23.2 Å². The van der Waals surface area contributed by atoms with Gasteiger partial charge in [-0.15, -0.1) is 5.10 Å². The summed E-state index contributed by atoms with van der Waals surface area (Å²) < 4.78 is 3.34. The highest BCUT2D eigenvalue weighted by Gasteiger charge is 2.29. The van der Waals surface area contributed by atoms with Crippen LogP contribution in [0.25, 0.3) is 28.1 Å². The Labute approximate surface area is 237 Å². The van der Waals surface area contributed by atoms with Crippen LogP contribution in [0.5, 0.6) is 0 Å². The number of aromatic amines is 1. The summed E-state index contributed by atoms with van der Waals surface area (Å²) in [6.07, 6.45) is 3.38. The number of fused-ring (bicyclic) bond motifs is 1. The molecule has 5 aromatic rings. The zero-order valence-electron chi connectivity index (χ0n) is 21.3. The summed E-state index contributed by atoms with van der Waals surface area (Å²) in [7, 11) is 1.41. The maximum Gasteiger partial charge on any atom is 0.412 e. The topological polar surface area (TPSA) is 135 Å². The molecule has 1 aromatic carbocycles. The first-order valence-electron chi connectivity index (χ1n) is 12.3. The van der Waals surface area contributed by atoms with Crippen molar-refractivity contribution in [2.75, 3.05) is 11.9 Å². The highest BCUT2D eigenvalue weighted by molar-refractivity contribution is 6.32. The molecule has 0 radical (unpaired) electrons. The van der Waals surface area contributed by atoms with Gasteiger partial charge in [0.15, 0.2) is 10.3 Å². The van der Waals surface area contributed by atoms with Crippen LogP contribution in [0.1, 0.15) is 29.5 Å². The number of nitrogens with one attached hydrogen (secondary N) is 1. The molecule has 1 aliphatic rings. The number of benzene rings is 1. The van der Waals surface area contributed by atoms with E-state index in [0.29, 0.717) is 29.9 Å². The predicted octanol–water partition coefficient (Wildman–Crippen LogP) is 5.15. The number of hydrogen-bond donors (Lipinski definition) is 2. The number of aryl methyl sites for hydroxylation is 2. The van der Waals surface area contributed by atoms with Crippen LogP contribution < -0.4 is 10.5 Å². The van der Waals surface area contributed by atoms with Crippen LogP contribution in [0, 0.1) is 6.92 Å². The molecular formula is C27H22Cl2N8O3. The number of anilines is 1. The number of amides is 1. The molecule has 0 spiro atoms. The van der Waals surface area contributed by atoms with E-state index in [1.165, 1.54) is 13.2 Å². The molecule has 11 nitrogen and oxygen atoms in total. The molecule has 1 atom stereocenters. The standard InChI is InChI=1S/C27H22Cl2N8O3/c1-14-3-6-19(36-13-21(28)33-34-36)18(9-14)16-10-17-5-7-20(37(17)23(38)11-16)26-31-24(25(29)32-26)15-4-8-22(30-12-15)35(2)27(39)40/h3-4,6,8-13,20H,5,7H2,1-2H3,(H,31,32)(H,39,40)/t20-/m0/s1. The Morgan fingerprint density at radius 2 is 1.98 bits per heavy atom. The van der Waals surface area contributed by atoms with E-state index >= 15 is 0 Å². The Hall–Kier alpha value is -4.48. The van der Waals surface area contributed by atoms with Crippen molar-refractivity contribution in [3.05, 3.63) is 92.6 Å². The quantitative estimate of drug-likeness (QED) is 0.295. The van der Waals surface area contributed by atoms with E-state index in [2.05, 4.69) is 25.3 Å². The summed E-state index contributed by atoms with van der Waals surface area (Å²) >= 11 is 12.5. The van der Waals surface area contributed by atoms with Crippen molar-refractivity contribution >= 4 is 35.1 Å². The van der Waals surface area contributed by atoms with Gasteiger partial charge in [0.25, 0.3) is 5.56 Å². The first-order chi connectivity index (χ1) is 19.2. The number of hydrogen-bond acceptors (Lipinski definition) is 6. The Kier molecular flexibility index (Phi) is 6.40. The van der Waals surface area contributed by atoms with Crippen molar-refractivity contribution in [1.29, 1.82) is 0 Å². The van der Waals surface area contributed by atoms with Gasteiger partial charge in [0.1, 0.15) is 11.6 Å². The Balaban J connectivity index is 1.35. The Bertz CT molecular complexity index is 1830. The lowest BCUT2D eigenvalue weighted by Crippen LogP contribution is -2.24. The third-order valence-corrected chi connectivity index (χ3v) is 7.42. The van der Waals surface area contributed by atoms with E-state index < -0.39 is 6.09 Å². The number of aromatic nitrogens is 7. The smallest absolute Gasteiger partial charge is 0.412 e. The van der Waals surface area contributed by atoms with Crippen LogP contribution in [-0.4, -0.2) is 52.8 Å². The number of imidazole rings is 1. The molecule has 4 aromatic heterocycles. The van der Waals surface area contributed by atoms with Crippen LogP contribution in [0.3, 0.4) is 0 Å². The maximum absolute atomic E-state index is 13.5. The fraction of sp³-hybridized carbons (Fsp3) is 0.185. The fourth-order valence-corrected chi connectivity index (χ4v) is 5.37. The number of rotatable bonds is 5. The van der Waals surface area contributed by atoms with E-state index in [1.54, 1.807) is 33.6 Å². The summed E-state index contributed by atoms with van der Waals surface area (Å²) in [6.45, 7) is 1.99. The van der Waals surface area contributed by atoms with Gasteiger partial charge in [-0.05, 0) is 55.7 Å². The lowest BCUT2D eigenvalue weighted by molar-refractivity contribution is 0.203. The number of H-pyrrole nitrogens is 1. The first kappa shape index (κ1) is 25.8. The molecule has 2 N–H and O–H groups in total. The van der Waals surface area contributed by atoms with Crippen molar-refractivity contribution in [2.45, 2.75) is 25.8 Å². The van der Waals surface area contributed by atoms with E-state index in [1.807, 2.05) is 31.2 Å². The zero-order valence-corrected chi connectivity index (χ0v) is 22.8. The molecular weight excluding hydrogens is 555 g/mol. The molecule has 1 aliphatic heterocycles. The van der Waals surface area contributed by atoms with E-state index in [-0.39, 0.29) is 27.7 Å². The molecule has 0 saturated carbocycles. The number of carboxylic acid groups (broad SMARTS) is 1. The maximum atomic E-state index is 13.5. The Morgan fingerprint density at radius 3 is 2.67 bits per heavy atom. The molecule has 40 heavy (non-hydrogen) atoms. The predicted molar refractivity (Wildman–Crippen MR) is 151 cm³/mol. The highest BCUT2D eigenvalue weighted by Crippen LogP contribution is 2.35. The summed E-state index contributed by atoms with van der Waals surface area (Å²) in [5.41, 5.74) is 5.34. The molecule has 0 unspecified atom stereocenters. The van der Waals surface area contributed by atoms with Gasteiger partial charge in [0, 0.05) is 36.1 Å². The largest absolute Gasteiger partial charge is 0.465 e. The van der Waals surface area contributed by atoms with E-state index in [4.69, 9.17) is 28.3 Å². The van der Waals surface area contributed by atoms with Gasteiger partial charge in [0.05, 0.1) is 23.6 Å². The second-order valence-corrected chi connectivity index (χ2v) is 10.3. The summed E-state index contributed by atoms with van der Waals surface area (Å²) in [4.78, 5) is 37.7. The molecule has 0 fully saturated rings. The third kappa shape index (κ3) is 4.52. The number of halogens is 2. The van der Waals surface area contributed by atoms with Gasteiger partial charge in [-0.2, -0.15) is 0 Å². The van der Waals surface area contributed by atoms with Gasteiger partial charge in [-0.25, -0.2) is 19.4 Å². The minimum atomic E-state index is -1.11. The van der Waals surface area contributed by atoms with Crippen LogP contribution in [0.15, 0.2) is 59.7 Å². The monoisotopic (exact) mass is 576 g/mol. The van der Waals surface area contributed by atoms with Crippen molar-refractivity contribution in [3.8, 4) is 28.1 Å². The van der Waals surface area contributed by atoms with Crippen LogP contribution in [0.2, 0.25) is 10.3 Å². The molecule has 6 rings (SSSR count). The van der Waals surface area contributed by atoms with Crippen LogP contribution in [0.4, 0.5) is 10.6 Å². The van der Waals surface area contributed by atoms with Gasteiger partial charge in [-0.1, -0.05) is 40.0 Å². The van der Waals surface area contributed by atoms with Crippen molar-refractivity contribution in [3.63, 3.8) is 0 Å². The number of nitrogens with zero attached hydrogens (tertiary/aromatic N) is 7. The molecule has 202 valence electrons. The van der Waals surface area contributed by atoms with Gasteiger partial charge < -0.3 is 14.7 Å². The molecule has 1 amide bonds. The molecule has 0 saturated heterocycles. The van der Waals surface area contributed by atoms with E-state index in [9.17, 15) is 9.59 Å². The van der Waals surface area contributed by atoms with Crippen LogP contribution in [-0.2, 0) is 6.42 Å². The van der Waals surface area contributed by atoms with Gasteiger partial charge in [0.2, 0.25) is 0 Å². The number of carbonyl (C=O) groups is 1. The SMILES string of the molecule is Cc1ccc(-n2cc(Cl)nn2)c(-c2cc3n(c(=O)c2)[C@H](c2nc(Cl)c(-c4ccc(N(C)C(=O)O)nc4)[nH]2)CC3)c1. The first-order valence-corrected chi connectivity index (χ1v) is 13.1. The van der Waals surface area contributed by atoms with Crippen molar-refractivity contribution in [2.24, 2.45) is 0 Å². The average Bonchev–Trinajstić information content (AvgIpc) is 3.66. The summed E-state index contributed by atoms with van der Waals surface area (Å²) in [6, 6.07) is 12.5. The molecule has 5 heterocycles. The average molecular weight is 577 g/mol. The third-order valence-electron chi connectivity index (χ3n) is 6.97. The zero-order chi connectivity index (χ0) is 28.1.